The minimum absolute atomic E-state index is 0.112. The van der Waals surface area contributed by atoms with Crippen molar-refractivity contribution in [3.05, 3.63) is 28.6 Å². The van der Waals surface area contributed by atoms with E-state index in [1.54, 1.807) is 6.07 Å². The zero-order chi connectivity index (χ0) is 11.4. The molecule has 1 aromatic rings. The summed E-state index contributed by atoms with van der Waals surface area (Å²) in [6, 6.07) is 2.99. The molecular weight excluding hydrogens is 270 g/mol. The molecule has 0 saturated heterocycles. The Balaban J connectivity index is 3.40. The van der Waals surface area contributed by atoms with Crippen LogP contribution in [0.1, 0.15) is 28.9 Å². The average molecular weight is 277 g/mol. The van der Waals surface area contributed by atoms with Crippen LogP contribution >= 0.6 is 15.9 Å². The van der Waals surface area contributed by atoms with Crippen LogP contribution in [-0.2, 0) is 11.9 Å². The fourth-order valence-corrected chi connectivity index (χ4v) is 1.83. The number of alkyl halides is 3. The summed E-state index contributed by atoms with van der Waals surface area (Å²) in [4.78, 5) is 3.52. The summed E-state index contributed by atoms with van der Waals surface area (Å²) in [7, 11) is 0. The first-order valence-corrected chi connectivity index (χ1v) is 5.14. The molecule has 0 unspecified atom stereocenters. The second-order valence-electron chi connectivity index (χ2n) is 2.73. The third-order valence-corrected chi connectivity index (χ3v) is 2.43. The lowest BCUT2D eigenvalue weighted by Gasteiger charge is -2.10. The lowest BCUT2D eigenvalue weighted by molar-refractivity contribution is 0.144. The standard InChI is InChI=1S/C9H7BrF2N2O/c10-2-7-5(4-15)1-6(3-13)14-8(7)9(11)12/h1,9,15H,2,4H2. The van der Waals surface area contributed by atoms with Crippen LogP contribution in [0.25, 0.3) is 0 Å². The fraction of sp³-hybridized carbons (Fsp3) is 0.333. The molecular formula is C9H7BrF2N2O. The van der Waals surface area contributed by atoms with Gasteiger partial charge in [0.1, 0.15) is 17.5 Å². The highest BCUT2D eigenvalue weighted by Crippen LogP contribution is 2.26. The van der Waals surface area contributed by atoms with Gasteiger partial charge in [-0.3, -0.25) is 0 Å². The van der Waals surface area contributed by atoms with Crippen LogP contribution in [0.5, 0.6) is 0 Å². The number of nitrogens with zero attached hydrogens (tertiary/aromatic N) is 2. The maximum atomic E-state index is 12.6. The van der Waals surface area contributed by atoms with Crippen molar-refractivity contribution in [2.75, 3.05) is 0 Å². The number of aromatic nitrogens is 1. The van der Waals surface area contributed by atoms with E-state index in [2.05, 4.69) is 20.9 Å². The Hall–Kier alpha value is -1.06. The number of rotatable bonds is 3. The van der Waals surface area contributed by atoms with Gasteiger partial charge in [0.2, 0.25) is 0 Å². The highest BCUT2D eigenvalue weighted by atomic mass is 79.9. The lowest BCUT2D eigenvalue weighted by atomic mass is 10.1. The molecule has 0 saturated carbocycles. The van der Waals surface area contributed by atoms with Gasteiger partial charge in [-0.05, 0) is 17.2 Å². The minimum atomic E-state index is -2.75. The molecule has 0 aliphatic rings. The first-order chi connectivity index (χ1) is 7.13. The minimum Gasteiger partial charge on any atom is -0.392 e. The van der Waals surface area contributed by atoms with E-state index < -0.39 is 18.7 Å². The second kappa shape index (κ2) is 5.14. The number of pyridine rings is 1. The van der Waals surface area contributed by atoms with Crippen molar-refractivity contribution >= 4 is 15.9 Å². The third kappa shape index (κ3) is 2.49. The van der Waals surface area contributed by atoms with Crippen molar-refractivity contribution in [2.24, 2.45) is 0 Å². The molecule has 3 nitrogen and oxygen atoms in total. The summed E-state index contributed by atoms with van der Waals surface area (Å²) < 4.78 is 25.1. The molecule has 0 bridgehead atoms. The molecule has 0 amide bonds. The number of nitriles is 1. The second-order valence-corrected chi connectivity index (χ2v) is 3.30. The summed E-state index contributed by atoms with van der Waals surface area (Å²) in [6.45, 7) is -0.391. The van der Waals surface area contributed by atoms with E-state index in [0.717, 1.165) is 0 Å². The first-order valence-electron chi connectivity index (χ1n) is 4.01. The Kier molecular flexibility index (Phi) is 4.12. The monoisotopic (exact) mass is 276 g/mol. The number of hydrogen-bond acceptors (Lipinski definition) is 3. The van der Waals surface area contributed by atoms with Gasteiger partial charge in [-0.15, -0.1) is 0 Å². The zero-order valence-corrected chi connectivity index (χ0v) is 9.13. The van der Waals surface area contributed by atoms with Crippen molar-refractivity contribution in [2.45, 2.75) is 18.4 Å². The van der Waals surface area contributed by atoms with Crippen LogP contribution in [0.3, 0.4) is 0 Å². The summed E-state index contributed by atoms with van der Waals surface area (Å²) in [6.07, 6.45) is -2.75. The molecule has 0 aliphatic carbocycles. The van der Waals surface area contributed by atoms with Crippen molar-refractivity contribution in [3.63, 3.8) is 0 Å². The van der Waals surface area contributed by atoms with Crippen LogP contribution in [0.2, 0.25) is 0 Å². The van der Waals surface area contributed by atoms with Crippen LogP contribution in [0, 0.1) is 11.3 Å². The van der Waals surface area contributed by atoms with Gasteiger partial charge < -0.3 is 5.11 Å². The highest BCUT2D eigenvalue weighted by molar-refractivity contribution is 9.08. The maximum Gasteiger partial charge on any atom is 0.280 e. The zero-order valence-electron chi connectivity index (χ0n) is 7.54. The normalized spacial score (nSPS) is 10.4. The van der Waals surface area contributed by atoms with Gasteiger partial charge in [-0.25, -0.2) is 13.8 Å². The molecule has 0 radical (unpaired) electrons. The van der Waals surface area contributed by atoms with E-state index in [9.17, 15) is 8.78 Å². The predicted octanol–water partition coefficient (Wildman–Crippen LogP) is 2.28. The number of aliphatic hydroxyl groups is 1. The smallest absolute Gasteiger partial charge is 0.280 e. The molecule has 1 heterocycles. The molecule has 6 heteroatoms. The van der Waals surface area contributed by atoms with Gasteiger partial charge in [0, 0.05) is 5.33 Å². The molecule has 0 aliphatic heterocycles. The molecule has 80 valence electrons. The number of halogens is 3. The summed E-state index contributed by atoms with van der Waals surface area (Å²) >= 11 is 3.05. The Morgan fingerprint density at radius 1 is 1.60 bits per heavy atom. The van der Waals surface area contributed by atoms with E-state index >= 15 is 0 Å². The van der Waals surface area contributed by atoms with Gasteiger partial charge in [-0.2, -0.15) is 5.26 Å². The molecule has 15 heavy (non-hydrogen) atoms. The van der Waals surface area contributed by atoms with Crippen molar-refractivity contribution in [1.82, 2.24) is 4.98 Å². The third-order valence-electron chi connectivity index (χ3n) is 1.87. The number of aliphatic hydroxyl groups excluding tert-OH is 1. The summed E-state index contributed by atoms with van der Waals surface area (Å²) in [5.74, 6) is 0. The van der Waals surface area contributed by atoms with Crippen molar-refractivity contribution in [1.29, 1.82) is 5.26 Å². The van der Waals surface area contributed by atoms with Crippen molar-refractivity contribution in [3.8, 4) is 6.07 Å². The van der Waals surface area contributed by atoms with Gasteiger partial charge in [0.05, 0.1) is 6.61 Å². The van der Waals surface area contributed by atoms with Crippen LogP contribution in [0.15, 0.2) is 6.07 Å². The quantitative estimate of drug-likeness (QED) is 0.862. The van der Waals surface area contributed by atoms with Crippen molar-refractivity contribution < 1.29 is 13.9 Å². The van der Waals surface area contributed by atoms with Crippen LogP contribution in [0.4, 0.5) is 8.78 Å². The fourth-order valence-electron chi connectivity index (χ4n) is 1.18. The van der Waals surface area contributed by atoms with E-state index in [1.165, 1.54) is 6.07 Å². The Morgan fingerprint density at radius 2 is 2.27 bits per heavy atom. The van der Waals surface area contributed by atoms with E-state index in [0.29, 0.717) is 5.56 Å². The molecule has 1 N–H and O–H groups in total. The molecule has 0 aromatic carbocycles. The van der Waals surface area contributed by atoms with Crippen LogP contribution < -0.4 is 0 Å². The maximum absolute atomic E-state index is 12.6. The van der Waals surface area contributed by atoms with Gasteiger partial charge in [0.25, 0.3) is 6.43 Å². The SMILES string of the molecule is N#Cc1cc(CO)c(CBr)c(C(F)F)n1. The summed E-state index contributed by atoms with van der Waals surface area (Å²) in [5.41, 5.74) is -0.0192. The first kappa shape index (κ1) is 12.0. The average Bonchev–Trinajstić information content (AvgIpc) is 2.26. The molecule has 0 fully saturated rings. The Bertz CT molecular complexity index is 404. The Labute approximate surface area is 93.5 Å². The molecule has 1 rings (SSSR count). The predicted molar refractivity (Wildman–Crippen MR) is 52.5 cm³/mol. The van der Waals surface area contributed by atoms with E-state index in [-0.39, 0.29) is 16.6 Å². The highest BCUT2D eigenvalue weighted by Gasteiger charge is 2.18. The molecule has 1 aromatic heterocycles. The van der Waals surface area contributed by atoms with E-state index in [1.807, 2.05) is 0 Å². The van der Waals surface area contributed by atoms with Gasteiger partial charge >= 0.3 is 0 Å². The summed E-state index contributed by atoms with van der Waals surface area (Å²) in [5, 5.41) is 17.7. The lowest BCUT2D eigenvalue weighted by Crippen LogP contribution is -2.04. The molecule has 0 atom stereocenters. The van der Waals surface area contributed by atoms with E-state index in [4.69, 9.17) is 10.4 Å². The van der Waals surface area contributed by atoms with Gasteiger partial charge in [-0.1, -0.05) is 15.9 Å². The topological polar surface area (TPSA) is 56.9 Å². The van der Waals surface area contributed by atoms with Crippen LogP contribution in [-0.4, -0.2) is 10.1 Å². The molecule has 0 spiro atoms. The number of hydrogen-bond donors (Lipinski definition) is 1. The largest absolute Gasteiger partial charge is 0.392 e. The van der Waals surface area contributed by atoms with Gasteiger partial charge in [0.15, 0.2) is 0 Å². The Morgan fingerprint density at radius 3 is 2.67 bits per heavy atom.